The van der Waals surface area contributed by atoms with Gasteiger partial charge in [0.2, 0.25) is 6.29 Å². The number of amides is 2. The summed E-state index contributed by atoms with van der Waals surface area (Å²) in [6.07, 6.45) is 1.47. The maximum atomic E-state index is 10.7. The van der Waals surface area contributed by atoms with Gasteiger partial charge in [0, 0.05) is 0 Å². The van der Waals surface area contributed by atoms with Gasteiger partial charge in [-0.2, -0.15) is 0 Å². The molecule has 0 aliphatic carbocycles. The first-order valence-electron chi connectivity index (χ1n) is 3.73. The van der Waals surface area contributed by atoms with E-state index in [1.165, 1.54) is 6.29 Å². The van der Waals surface area contributed by atoms with Gasteiger partial charge in [-0.1, -0.05) is 0 Å². The maximum absolute atomic E-state index is 10.7. The zero-order valence-corrected chi connectivity index (χ0v) is 7.25. The van der Waals surface area contributed by atoms with E-state index in [1.54, 1.807) is 6.92 Å². The molecule has 2 N–H and O–H groups in total. The highest BCUT2D eigenvalue weighted by atomic mass is 16.5. The average Bonchev–Trinajstić information content (AvgIpc) is 2.12. The number of urea groups is 1. The van der Waals surface area contributed by atoms with Crippen molar-refractivity contribution in [2.45, 2.75) is 6.92 Å². The molecule has 0 fully saturated rings. The summed E-state index contributed by atoms with van der Waals surface area (Å²) >= 11 is 0. The summed E-state index contributed by atoms with van der Waals surface area (Å²) in [6, 6.07) is -0.601. The molecule has 0 aromatic heterocycles. The number of carbonyl (C=O) groups is 2. The van der Waals surface area contributed by atoms with Gasteiger partial charge in [-0.25, -0.2) is 4.79 Å². The van der Waals surface area contributed by atoms with Gasteiger partial charge in [0.1, 0.15) is 6.54 Å². The predicted octanol–water partition coefficient (Wildman–Crippen LogP) is -1.04. The minimum Gasteiger partial charge on any atom is -0.465 e. The summed E-state index contributed by atoms with van der Waals surface area (Å²) in [6.45, 7) is 1.52. The Morgan fingerprint density at radius 2 is 2.08 bits per heavy atom. The molecule has 0 atom stereocenters. The van der Waals surface area contributed by atoms with Crippen LogP contribution < -0.4 is 10.6 Å². The van der Waals surface area contributed by atoms with Gasteiger partial charge in [0.25, 0.3) is 0 Å². The second-order valence-corrected chi connectivity index (χ2v) is 1.99. The Bertz CT molecular complexity index is 193. The van der Waals surface area contributed by atoms with Gasteiger partial charge >= 0.3 is 12.0 Å². The van der Waals surface area contributed by atoms with E-state index in [0.717, 1.165) is 0 Å². The van der Waals surface area contributed by atoms with Crippen LogP contribution in [-0.4, -0.2) is 38.0 Å². The normalized spacial score (nSPS) is 8.69. The zero-order valence-electron chi connectivity index (χ0n) is 7.25. The van der Waals surface area contributed by atoms with E-state index in [9.17, 15) is 14.4 Å². The summed E-state index contributed by atoms with van der Waals surface area (Å²) in [4.78, 5) is 31.1. The van der Waals surface area contributed by atoms with Crippen LogP contribution >= 0.6 is 0 Å². The Labute approximate surface area is 75.6 Å². The fraction of sp³-hybridized carbons (Fsp3) is 0.571. The summed E-state index contributed by atoms with van der Waals surface area (Å²) < 4.78 is 4.54. The fourth-order valence-electron chi connectivity index (χ4n) is 0.543. The number of esters is 1. The van der Waals surface area contributed by atoms with Gasteiger partial charge in [-0.15, -0.1) is 0 Å². The highest BCUT2D eigenvalue weighted by Crippen LogP contribution is 1.74. The average molecular weight is 187 g/mol. The highest BCUT2D eigenvalue weighted by molar-refractivity contribution is 5.81. The molecule has 0 saturated carbocycles. The van der Waals surface area contributed by atoms with Crippen LogP contribution in [0.15, 0.2) is 0 Å². The number of nitrogens with one attached hydrogen (secondary N) is 2. The lowest BCUT2D eigenvalue weighted by Crippen LogP contribution is -2.39. The second-order valence-electron chi connectivity index (χ2n) is 1.99. The maximum Gasteiger partial charge on any atom is 0.325 e. The van der Waals surface area contributed by atoms with Crippen LogP contribution in [-0.2, 0) is 14.3 Å². The number of carbonyl (C=O) groups excluding carboxylic acids is 3. The summed E-state index contributed by atoms with van der Waals surface area (Å²) in [5.41, 5.74) is 0. The first kappa shape index (κ1) is 11.4. The van der Waals surface area contributed by atoms with Crippen molar-refractivity contribution >= 4 is 18.3 Å². The molecule has 13 heavy (non-hydrogen) atoms. The standard InChI is InChI=1S/C7H11N2O4/c1-2-13-6(11)5-9-7(12)8-3-4-10/h2-3,5H2,1H3,(H2,8,9,12). The monoisotopic (exact) mass is 187 g/mol. The lowest BCUT2D eigenvalue weighted by molar-refractivity contribution is -0.141. The molecule has 2 amide bonds. The number of ether oxygens (including phenoxy) is 1. The molecule has 1 radical (unpaired) electrons. The van der Waals surface area contributed by atoms with Crippen LogP contribution in [0.3, 0.4) is 0 Å². The van der Waals surface area contributed by atoms with Crippen molar-refractivity contribution in [3.63, 3.8) is 0 Å². The minimum atomic E-state index is -0.601. The van der Waals surface area contributed by atoms with E-state index >= 15 is 0 Å². The fourth-order valence-corrected chi connectivity index (χ4v) is 0.543. The van der Waals surface area contributed by atoms with Gasteiger partial charge in [-0.3, -0.25) is 9.59 Å². The zero-order chi connectivity index (χ0) is 10.1. The SMILES string of the molecule is CCOC(=O)CNC(=O)NC[C]=O. The van der Waals surface area contributed by atoms with E-state index in [0.29, 0.717) is 0 Å². The van der Waals surface area contributed by atoms with Crippen molar-refractivity contribution in [2.24, 2.45) is 0 Å². The molecule has 0 aromatic rings. The minimum absolute atomic E-state index is 0.200. The number of hydrogen-bond donors (Lipinski definition) is 2. The van der Waals surface area contributed by atoms with E-state index in [-0.39, 0.29) is 19.7 Å². The Kier molecular flexibility index (Phi) is 6.21. The molecule has 6 heteroatoms. The van der Waals surface area contributed by atoms with E-state index in [2.05, 4.69) is 15.4 Å². The van der Waals surface area contributed by atoms with Crippen molar-refractivity contribution in [1.29, 1.82) is 0 Å². The third-order valence-electron chi connectivity index (χ3n) is 1.02. The second kappa shape index (κ2) is 7.08. The molecule has 0 rings (SSSR count). The summed E-state index contributed by atoms with van der Waals surface area (Å²) in [5.74, 6) is -0.521. The van der Waals surface area contributed by atoms with E-state index < -0.39 is 12.0 Å². The van der Waals surface area contributed by atoms with Gasteiger partial charge in [-0.05, 0) is 6.92 Å². The van der Waals surface area contributed by atoms with Crippen molar-refractivity contribution in [2.75, 3.05) is 19.7 Å². The molecule has 0 heterocycles. The third-order valence-corrected chi connectivity index (χ3v) is 1.02. The van der Waals surface area contributed by atoms with Crippen molar-refractivity contribution in [3.8, 4) is 0 Å². The predicted molar refractivity (Wildman–Crippen MR) is 43.7 cm³/mol. The van der Waals surface area contributed by atoms with Crippen LogP contribution in [0.25, 0.3) is 0 Å². The molecule has 0 aliphatic heterocycles. The van der Waals surface area contributed by atoms with Crippen molar-refractivity contribution in [1.82, 2.24) is 10.6 Å². The van der Waals surface area contributed by atoms with Crippen molar-refractivity contribution in [3.05, 3.63) is 0 Å². The van der Waals surface area contributed by atoms with Gasteiger partial charge in [0.05, 0.1) is 13.2 Å². The number of hydrogen-bond acceptors (Lipinski definition) is 4. The quantitative estimate of drug-likeness (QED) is 0.538. The molecule has 6 nitrogen and oxygen atoms in total. The van der Waals surface area contributed by atoms with Crippen molar-refractivity contribution < 1.29 is 19.1 Å². The van der Waals surface area contributed by atoms with Crippen LogP contribution in [0.2, 0.25) is 0 Å². The van der Waals surface area contributed by atoms with Gasteiger partial charge in [0.15, 0.2) is 0 Å². The molecular weight excluding hydrogens is 176 g/mol. The highest BCUT2D eigenvalue weighted by Gasteiger charge is 2.03. The molecule has 0 aromatic carbocycles. The molecule has 0 spiro atoms. The van der Waals surface area contributed by atoms with Crippen LogP contribution in [0.4, 0.5) is 4.79 Å². The molecule has 0 saturated heterocycles. The van der Waals surface area contributed by atoms with E-state index in [4.69, 9.17) is 0 Å². The summed E-state index contributed by atoms with van der Waals surface area (Å²) in [5, 5.41) is 4.35. The molecular formula is C7H11N2O4. The number of rotatable bonds is 5. The Morgan fingerprint density at radius 1 is 1.38 bits per heavy atom. The lowest BCUT2D eigenvalue weighted by Gasteiger charge is -2.04. The molecule has 0 aliphatic rings. The van der Waals surface area contributed by atoms with Crippen LogP contribution in [0, 0.1) is 0 Å². The first-order valence-corrected chi connectivity index (χ1v) is 3.73. The Hall–Kier alpha value is -1.59. The smallest absolute Gasteiger partial charge is 0.325 e. The lowest BCUT2D eigenvalue weighted by atomic mass is 10.6. The largest absolute Gasteiger partial charge is 0.465 e. The van der Waals surface area contributed by atoms with Crippen LogP contribution in [0.5, 0.6) is 0 Å². The Balaban J connectivity index is 3.45. The molecule has 0 bridgehead atoms. The van der Waals surface area contributed by atoms with Crippen LogP contribution in [0.1, 0.15) is 6.92 Å². The first-order chi connectivity index (χ1) is 6.20. The van der Waals surface area contributed by atoms with E-state index in [1.807, 2.05) is 0 Å². The molecule has 73 valence electrons. The van der Waals surface area contributed by atoms with Gasteiger partial charge < -0.3 is 15.4 Å². The topological polar surface area (TPSA) is 84.5 Å². The Morgan fingerprint density at radius 3 is 2.62 bits per heavy atom. The summed E-state index contributed by atoms with van der Waals surface area (Å²) in [7, 11) is 0. The third kappa shape index (κ3) is 6.79. The molecule has 0 unspecified atom stereocenters.